The SMILES string of the molecule is Cc1nc(CNS(=O)(=O)N(C)CCCNC(C)C)oc1C. The molecule has 0 aliphatic carbocycles. The molecule has 0 amide bonds. The summed E-state index contributed by atoms with van der Waals surface area (Å²) in [6.07, 6.45) is 0.757. The Hall–Kier alpha value is -0.960. The van der Waals surface area contributed by atoms with Crippen LogP contribution in [-0.2, 0) is 16.8 Å². The molecule has 1 aromatic rings. The molecule has 7 nitrogen and oxygen atoms in total. The fourth-order valence-electron chi connectivity index (χ4n) is 1.69. The minimum Gasteiger partial charge on any atom is -0.444 e. The van der Waals surface area contributed by atoms with E-state index in [9.17, 15) is 8.42 Å². The number of hydrogen-bond acceptors (Lipinski definition) is 5. The van der Waals surface area contributed by atoms with Gasteiger partial charge in [0.2, 0.25) is 5.89 Å². The Labute approximate surface area is 127 Å². The molecule has 0 saturated heterocycles. The van der Waals surface area contributed by atoms with Crippen LogP contribution >= 0.6 is 0 Å². The number of aromatic nitrogens is 1. The molecule has 0 spiro atoms. The average Bonchev–Trinajstić information content (AvgIpc) is 2.71. The normalized spacial score (nSPS) is 12.5. The Kier molecular flexibility index (Phi) is 6.79. The third-order valence-corrected chi connectivity index (χ3v) is 4.60. The van der Waals surface area contributed by atoms with Crippen molar-refractivity contribution in [3.63, 3.8) is 0 Å². The number of oxazole rings is 1. The second kappa shape index (κ2) is 7.88. The molecule has 0 atom stereocenters. The van der Waals surface area contributed by atoms with E-state index in [1.165, 1.54) is 4.31 Å². The first kappa shape index (κ1) is 18.1. The minimum atomic E-state index is -3.51. The van der Waals surface area contributed by atoms with E-state index in [0.717, 1.165) is 18.7 Å². The highest BCUT2D eigenvalue weighted by Gasteiger charge is 2.18. The van der Waals surface area contributed by atoms with Gasteiger partial charge in [0.1, 0.15) is 5.76 Å². The van der Waals surface area contributed by atoms with Gasteiger partial charge in [-0.05, 0) is 26.8 Å². The van der Waals surface area contributed by atoms with Crippen molar-refractivity contribution in [3.05, 3.63) is 17.3 Å². The molecule has 0 aliphatic rings. The lowest BCUT2D eigenvalue weighted by atomic mass is 10.3. The van der Waals surface area contributed by atoms with Crippen LogP contribution in [0.4, 0.5) is 0 Å². The highest BCUT2D eigenvalue weighted by atomic mass is 32.2. The number of hydrogen-bond donors (Lipinski definition) is 2. The molecular weight excluding hydrogens is 292 g/mol. The van der Waals surface area contributed by atoms with Crippen molar-refractivity contribution in [2.45, 2.75) is 46.7 Å². The van der Waals surface area contributed by atoms with E-state index in [2.05, 4.69) is 28.9 Å². The van der Waals surface area contributed by atoms with E-state index >= 15 is 0 Å². The Morgan fingerprint density at radius 3 is 2.52 bits per heavy atom. The van der Waals surface area contributed by atoms with Crippen LogP contribution in [0.1, 0.15) is 37.6 Å². The van der Waals surface area contributed by atoms with Gasteiger partial charge >= 0.3 is 0 Å². The van der Waals surface area contributed by atoms with E-state index < -0.39 is 10.2 Å². The van der Waals surface area contributed by atoms with E-state index in [0.29, 0.717) is 24.2 Å². The van der Waals surface area contributed by atoms with Crippen molar-refractivity contribution in [3.8, 4) is 0 Å². The number of rotatable bonds is 9. The van der Waals surface area contributed by atoms with Gasteiger partial charge in [-0.1, -0.05) is 13.8 Å². The molecule has 0 aromatic carbocycles. The van der Waals surface area contributed by atoms with Gasteiger partial charge in [0.25, 0.3) is 10.2 Å². The largest absolute Gasteiger partial charge is 0.444 e. The molecule has 0 fully saturated rings. The van der Waals surface area contributed by atoms with Crippen molar-refractivity contribution in [2.24, 2.45) is 0 Å². The van der Waals surface area contributed by atoms with Gasteiger partial charge in [-0.15, -0.1) is 0 Å². The van der Waals surface area contributed by atoms with Crippen LogP contribution in [0.3, 0.4) is 0 Å². The molecule has 8 heteroatoms. The van der Waals surface area contributed by atoms with Crippen LogP contribution in [0.25, 0.3) is 0 Å². The standard InChI is InChI=1S/C13H26N4O3S/c1-10(2)14-7-6-8-17(5)21(18,19)15-9-13-16-11(3)12(4)20-13/h10,14-15H,6-9H2,1-5H3. The predicted octanol–water partition coefficient (Wildman–Crippen LogP) is 0.946. The van der Waals surface area contributed by atoms with Crippen molar-refractivity contribution in [1.82, 2.24) is 19.3 Å². The summed E-state index contributed by atoms with van der Waals surface area (Å²) in [5.41, 5.74) is 0.775. The van der Waals surface area contributed by atoms with Gasteiger partial charge in [-0.2, -0.15) is 17.4 Å². The predicted molar refractivity (Wildman–Crippen MR) is 82.1 cm³/mol. The lowest BCUT2D eigenvalue weighted by Gasteiger charge is -2.17. The van der Waals surface area contributed by atoms with Gasteiger partial charge in [0.15, 0.2) is 0 Å². The van der Waals surface area contributed by atoms with Crippen LogP contribution in [0.2, 0.25) is 0 Å². The summed E-state index contributed by atoms with van der Waals surface area (Å²) >= 11 is 0. The molecule has 122 valence electrons. The van der Waals surface area contributed by atoms with E-state index in [1.807, 2.05) is 6.92 Å². The molecule has 0 radical (unpaired) electrons. The maximum absolute atomic E-state index is 12.0. The Bertz CT molecular complexity index is 520. The third kappa shape index (κ3) is 6.13. The van der Waals surface area contributed by atoms with Crippen LogP contribution < -0.4 is 10.0 Å². The summed E-state index contributed by atoms with van der Waals surface area (Å²) in [7, 11) is -1.95. The average molecular weight is 318 g/mol. The zero-order chi connectivity index (χ0) is 16.0. The first-order chi connectivity index (χ1) is 9.72. The molecular formula is C13H26N4O3S. The second-order valence-corrected chi connectivity index (χ2v) is 7.22. The Morgan fingerprint density at radius 2 is 2.00 bits per heavy atom. The van der Waals surface area contributed by atoms with Gasteiger partial charge < -0.3 is 9.73 Å². The van der Waals surface area contributed by atoms with Gasteiger partial charge in [0.05, 0.1) is 12.2 Å². The molecule has 0 unspecified atom stereocenters. The molecule has 0 saturated carbocycles. The summed E-state index contributed by atoms with van der Waals surface area (Å²) in [5, 5.41) is 3.25. The van der Waals surface area contributed by atoms with E-state index in [4.69, 9.17) is 4.42 Å². The van der Waals surface area contributed by atoms with Crippen LogP contribution in [-0.4, -0.2) is 43.9 Å². The van der Waals surface area contributed by atoms with Crippen LogP contribution in [0.15, 0.2) is 4.42 Å². The van der Waals surface area contributed by atoms with Gasteiger partial charge in [0, 0.05) is 19.6 Å². The first-order valence-electron chi connectivity index (χ1n) is 7.09. The van der Waals surface area contributed by atoms with Crippen molar-refractivity contribution >= 4 is 10.2 Å². The van der Waals surface area contributed by atoms with Crippen molar-refractivity contribution in [2.75, 3.05) is 20.1 Å². The maximum Gasteiger partial charge on any atom is 0.279 e. The fourth-order valence-corrected chi connectivity index (χ4v) is 2.59. The molecule has 21 heavy (non-hydrogen) atoms. The summed E-state index contributed by atoms with van der Waals surface area (Å²) in [6, 6.07) is 0.404. The van der Waals surface area contributed by atoms with E-state index in [-0.39, 0.29) is 6.54 Å². The molecule has 1 rings (SSSR count). The van der Waals surface area contributed by atoms with Gasteiger partial charge in [-0.3, -0.25) is 0 Å². The van der Waals surface area contributed by atoms with Crippen LogP contribution in [0, 0.1) is 13.8 Å². The third-order valence-electron chi connectivity index (χ3n) is 3.09. The number of nitrogens with zero attached hydrogens (tertiary/aromatic N) is 2. The highest BCUT2D eigenvalue weighted by molar-refractivity contribution is 7.87. The zero-order valence-corrected chi connectivity index (χ0v) is 14.2. The molecule has 1 heterocycles. The Morgan fingerprint density at radius 1 is 1.33 bits per heavy atom. The topological polar surface area (TPSA) is 87.5 Å². The summed E-state index contributed by atoms with van der Waals surface area (Å²) in [4.78, 5) is 4.15. The monoisotopic (exact) mass is 318 g/mol. The summed E-state index contributed by atoms with van der Waals surface area (Å²) in [5.74, 6) is 1.08. The number of nitrogens with one attached hydrogen (secondary N) is 2. The maximum atomic E-state index is 12.0. The molecule has 0 aliphatic heterocycles. The summed E-state index contributed by atoms with van der Waals surface area (Å²) < 4.78 is 33.2. The van der Waals surface area contributed by atoms with E-state index in [1.54, 1.807) is 14.0 Å². The molecule has 2 N–H and O–H groups in total. The quantitative estimate of drug-likeness (QED) is 0.662. The molecule has 1 aromatic heterocycles. The minimum absolute atomic E-state index is 0.0611. The van der Waals surface area contributed by atoms with Crippen molar-refractivity contribution in [1.29, 1.82) is 0 Å². The van der Waals surface area contributed by atoms with Gasteiger partial charge in [-0.25, -0.2) is 4.98 Å². The lowest BCUT2D eigenvalue weighted by Crippen LogP contribution is -2.39. The summed E-state index contributed by atoms with van der Waals surface area (Å²) in [6.45, 7) is 9.05. The molecule has 0 bridgehead atoms. The highest BCUT2D eigenvalue weighted by Crippen LogP contribution is 2.08. The zero-order valence-electron chi connectivity index (χ0n) is 13.4. The fraction of sp³-hybridized carbons (Fsp3) is 0.769. The van der Waals surface area contributed by atoms with Crippen molar-refractivity contribution < 1.29 is 12.8 Å². The smallest absolute Gasteiger partial charge is 0.279 e. The van der Waals surface area contributed by atoms with Crippen LogP contribution in [0.5, 0.6) is 0 Å². The first-order valence-corrected chi connectivity index (χ1v) is 8.53. The second-order valence-electron chi connectivity index (χ2n) is 5.36. The lowest BCUT2D eigenvalue weighted by molar-refractivity contribution is 0.427. The number of aryl methyl sites for hydroxylation is 2. The Balaban J connectivity index is 2.41.